The van der Waals surface area contributed by atoms with E-state index in [0.29, 0.717) is 24.5 Å². The summed E-state index contributed by atoms with van der Waals surface area (Å²) in [5, 5.41) is 11.0. The lowest BCUT2D eigenvalue weighted by atomic mass is 9.94. The molecule has 1 atom stereocenters. The fraction of sp³-hybridized carbons (Fsp3) is 0.304. The quantitative estimate of drug-likeness (QED) is 0.463. The van der Waals surface area contributed by atoms with Crippen LogP contribution in [-0.2, 0) is 9.59 Å². The highest BCUT2D eigenvalue weighted by Gasteiger charge is 2.45. The Balaban J connectivity index is 2.17. The van der Waals surface area contributed by atoms with Crippen molar-refractivity contribution in [1.29, 1.82) is 0 Å². The summed E-state index contributed by atoms with van der Waals surface area (Å²) in [6.45, 7) is 6.73. The summed E-state index contributed by atoms with van der Waals surface area (Å²) < 4.78 is 5.50. The van der Waals surface area contributed by atoms with E-state index in [0.717, 1.165) is 17.5 Å². The van der Waals surface area contributed by atoms with Crippen molar-refractivity contribution in [3.05, 3.63) is 70.8 Å². The molecule has 1 amide bonds. The number of hydrogen-bond acceptors (Lipinski definition) is 4. The Morgan fingerprint density at radius 2 is 1.86 bits per heavy atom. The van der Waals surface area contributed by atoms with E-state index < -0.39 is 17.7 Å². The van der Waals surface area contributed by atoms with Gasteiger partial charge in [0.15, 0.2) is 0 Å². The summed E-state index contributed by atoms with van der Waals surface area (Å²) in [6, 6.07) is 14.0. The molecule has 1 aliphatic rings. The number of hydrogen-bond donors (Lipinski definition) is 1. The molecular formula is C23H25NO4. The Kier molecular flexibility index (Phi) is 5.83. The monoisotopic (exact) mass is 379 g/mol. The van der Waals surface area contributed by atoms with Gasteiger partial charge in [0.05, 0.1) is 18.2 Å². The number of ether oxygens (including phenoxy) is 1. The summed E-state index contributed by atoms with van der Waals surface area (Å²) in [5.74, 6) is -0.804. The minimum absolute atomic E-state index is 0.123. The van der Waals surface area contributed by atoms with Gasteiger partial charge in [-0.1, -0.05) is 48.9 Å². The molecule has 0 bridgehead atoms. The first-order valence-electron chi connectivity index (χ1n) is 9.56. The zero-order chi connectivity index (χ0) is 20.3. The maximum absolute atomic E-state index is 12.8. The molecule has 1 heterocycles. The summed E-state index contributed by atoms with van der Waals surface area (Å²) in [5.41, 5.74) is 2.42. The van der Waals surface area contributed by atoms with Gasteiger partial charge in [0, 0.05) is 12.1 Å². The number of nitrogens with zero attached hydrogens (tertiary/aromatic N) is 1. The third kappa shape index (κ3) is 3.65. The van der Waals surface area contributed by atoms with Crippen LogP contribution in [0.15, 0.2) is 54.1 Å². The lowest BCUT2D eigenvalue weighted by Gasteiger charge is -2.25. The number of aliphatic hydroxyl groups is 1. The van der Waals surface area contributed by atoms with E-state index in [-0.39, 0.29) is 11.3 Å². The Labute approximate surface area is 165 Å². The number of likely N-dealkylation sites (tertiary alicyclic amines) is 1. The van der Waals surface area contributed by atoms with E-state index in [9.17, 15) is 14.7 Å². The highest BCUT2D eigenvalue weighted by Crippen LogP contribution is 2.39. The number of aliphatic hydroxyl groups excluding tert-OH is 1. The van der Waals surface area contributed by atoms with E-state index in [2.05, 4.69) is 0 Å². The summed E-state index contributed by atoms with van der Waals surface area (Å²) in [6.07, 6.45) is 0.717. The van der Waals surface area contributed by atoms with Gasteiger partial charge in [-0.25, -0.2) is 0 Å². The van der Waals surface area contributed by atoms with Crippen LogP contribution in [0.25, 0.3) is 5.76 Å². The Bertz CT molecular complexity index is 932. The summed E-state index contributed by atoms with van der Waals surface area (Å²) >= 11 is 0. The SMILES string of the molecule is CCCN1C(=O)C(=O)/C(=C(\O)c2cccc(OCC)c2)C1c1cccc(C)c1. The molecule has 0 aliphatic carbocycles. The van der Waals surface area contributed by atoms with Crippen molar-refractivity contribution >= 4 is 17.4 Å². The molecule has 1 fully saturated rings. The minimum atomic E-state index is -0.653. The number of ketones is 1. The molecule has 0 aromatic heterocycles. The van der Waals surface area contributed by atoms with E-state index in [1.165, 1.54) is 0 Å². The summed E-state index contributed by atoms with van der Waals surface area (Å²) in [4.78, 5) is 27.1. The van der Waals surface area contributed by atoms with Crippen molar-refractivity contribution in [2.45, 2.75) is 33.2 Å². The number of carbonyl (C=O) groups is 2. The first-order valence-corrected chi connectivity index (χ1v) is 9.56. The first-order chi connectivity index (χ1) is 13.5. The number of benzene rings is 2. The van der Waals surface area contributed by atoms with Gasteiger partial charge in [-0.15, -0.1) is 0 Å². The van der Waals surface area contributed by atoms with E-state index >= 15 is 0 Å². The second-order valence-electron chi connectivity index (χ2n) is 6.87. The molecule has 5 nitrogen and oxygen atoms in total. The van der Waals surface area contributed by atoms with Crippen molar-refractivity contribution in [3.63, 3.8) is 0 Å². The highest BCUT2D eigenvalue weighted by molar-refractivity contribution is 6.46. The van der Waals surface area contributed by atoms with Gasteiger partial charge in [0.2, 0.25) is 0 Å². The maximum atomic E-state index is 12.8. The van der Waals surface area contributed by atoms with Gasteiger partial charge in [-0.05, 0) is 38.0 Å². The van der Waals surface area contributed by atoms with Crippen LogP contribution in [0.2, 0.25) is 0 Å². The third-order valence-electron chi connectivity index (χ3n) is 4.78. The smallest absolute Gasteiger partial charge is 0.295 e. The molecule has 2 aromatic carbocycles. The molecule has 1 unspecified atom stereocenters. The predicted molar refractivity (Wildman–Crippen MR) is 108 cm³/mol. The van der Waals surface area contributed by atoms with E-state index in [4.69, 9.17) is 4.74 Å². The molecule has 1 aliphatic heterocycles. The molecule has 3 rings (SSSR count). The zero-order valence-corrected chi connectivity index (χ0v) is 16.4. The largest absolute Gasteiger partial charge is 0.507 e. The molecule has 0 saturated carbocycles. The molecule has 0 spiro atoms. The standard InChI is InChI=1S/C23H25NO4/c1-4-12-24-20(16-9-6-8-15(3)13-16)19(22(26)23(24)27)21(25)17-10-7-11-18(14-17)28-5-2/h6-11,13-14,20,25H,4-5,12H2,1-3H3/b21-19-. The molecule has 1 saturated heterocycles. The number of rotatable bonds is 6. The molecule has 5 heteroatoms. The third-order valence-corrected chi connectivity index (χ3v) is 4.78. The molecule has 0 radical (unpaired) electrons. The minimum Gasteiger partial charge on any atom is -0.507 e. The van der Waals surface area contributed by atoms with Crippen LogP contribution in [0.1, 0.15) is 43.0 Å². The Morgan fingerprint density at radius 1 is 1.11 bits per heavy atom. The van der Waals surface area contributed by atoms with E-state index in [1.54, 1.807) is 29.2 Å². The number of amides is 1. The molecule has 28 heavy (non-hydrogen) atoms. The second kappa shape index (κ2) is 8.30. The van der Waals surface area contributed by atoms with Crippen LogP contribution in [0.4, 0.5) is 0 Å². The molecule has 2 aromatic rings. The molecular weight excluding hydrogens is 354 g/mol. The molecule has 146 valence electrons. The van der Waals surface area contributed by atoms with Crippen molar-refractivity contribution in [3.8, 4) is 5.75 Å². The van der Waals surface area contributed by atoms with Crippen molar-refractivity contribution in [1.82, 2.24) is 4.90 Å². The number of Topliss-reactive ketones (excluding diaryl/α,β-unsaturated/α-hetero) is 1. The van der Waals surface area contributed by atoms with E-state index in [1.807, 2.05) is 45.0 Å². The average molecular weight is 379 g/mol. The van der Waals surface area contributed by atoms with Gasteiger partial charge in [0.1, 0.15) is 11.5 Å². The van der Waals surface area contributed by atoms with Crippen molar-refractivity contribution in [2.24, 2.45) is 0 Å². The fourth-order valence-electron chi connectivity index (χ4n) is 3.59. The Morgan fingerprint density at radius 3 is 2.54 bits per heavy atom. The number of aryl methyl sites for hydroxylation is 1. The zero-order valence-electron chi connectivity index (χ0n) is 16.4. The second-order valence-corrected chi connectivity index (χ2v) is 6.87. The van der Waals surface area contributed by atoms with Crippen molar-refractivity contribution < 1.29 is 19.4 Å². The lowest BCUT2D eigenvalue weighted by Crippen LogP contribution is -2.30. The predicted octanol–water partition coefficient (Wildman–Crippen LogP) is 4.23. The van der Waals surface area contributed by atoms with Crippen molar-refractivity contribution in [2.75, 3.05) is 13.2 Å². The summed E-state index contributed by atoms with van der Waals surface area (Å²) in [7, 11) is 0. The van der Waals surface area contributed by atoms with Crippen LogP contribution < -0.4 is 4.74 Å². The van der Waals surface area contributed by atoms with Crippen LogP contribution in [0, 0.1) is 6.92 Å². The van der Waals surface area contributed by atoms with Crippen LogP contribution in [0.3, 0.4) is 0 Å². The fourth-order valence-corrected chi connectivity index (χ4v) is 3.59. The van der Waals surface area contributed by atoms with Crippen LogP contribution in [0.5, 0.6) is 5.75 Å². The van der Waals surface area contributed by atoms with Gasteiger partial charge in [0.25, 0.3) is 11.7 Å². The molecule has 1 N–H and O–H groups in total. The van der Waals surface area contributed by atoms with Gasteiger partial charge < -0.3 is 14.7 Å². The normalized spacial score (nSPS) is 18.5. The first kappa shape index (κ1) is 19.7. The topological polar surface area (TPSA) is 66.8 Å². The average Bonchev–Trinajstić information content (AvgIpc) is 2.93. The lowest BCUT2D eigenvalue weighted by molar-refractivity contribution is -0.139. The Hall–Kier alpha value is -3.08. The van der Waals surface area contributed by atoms with Gasteiger partial charge in [-0.2, -0.15) is 0 Å². The number of carbonyl (C=O) groups excluding carboxylic acids is 2. The van der Waals surface area contributed by atoms with Gasteiger partial charge in [-0.3, -0.25) is 9.59 Å². The maximum Gasteiger partial charge on any atom is 0.295 e. The highest BCUT2D eigenvalue weighted by atomic mass is 16.5. The van der Waals surface area contributed by atoms with Crippen LogP contribution >= 0.6 is 0 Å². The van der Waals surface area contributed by atoms with Gasteiger partial charge >= 0.3 is 0 Å². The van der Waals surface area contributed by atoms with Crippen LogP contribution in [-0.4, -0.2) is 34.8 Å².